The van der Waals surface area contributed by atoms with Crippen molar-refractivity contribution in [3.05, 3.63) is 175 Å². The average Bonchev–Trinajstić information content (AvgIpc) is 3.61. The summed E-state index contributed by atoms with van der Waals surface area (Å²) >= 11 is 0. The normalized spacial score (nSPS) is 23.7. The highest BCUT2D eigenvalue weighted by molar-refractivity contribution is 6.90. The Hall–Kier alpha value is -5.94. The Morgan fingerprint density at radius 2 is 1.55 bits per heavy atom. The van der Waals surface area contributed by atoms with Crippen LogP contribution < -0.4 is 25.6 Å². The molecule has 2 aliphatic heterocycles. The first kappa shape index (κ1) is 32.5. The van der Waals surface area contributed by atoms with Crippen molar-refractivity contribution in [1.82, 2.24) is 0 Å². The molecule has 3 atom stereocenters. The largest absolute Gasteiger partial charge is 0.454 e. The molecule has 5 aromatic carbocycles. The molecule has 4 nitrogen and oxygen atoms in total. The van der Waals surface area contributed by atoms with Crippen LogP contribution in [-0.2, 0) is 0 Å². The lowest BCUT2D eigenvalue weighted by molar-refractivity contribution is 0.311. The van der Waals surface area contributed by atoms with Crippen molar-refractivity contribution in [2.75, 3.05) is 14.7 Å². The van der Waals surface area contributed by atoms with Gasteiger partial charge in [0.1, 0.15) is 5.58 Å². The summed E-state index contributed by atoms with van der Waals surface area (Å²) in [6.07, 6.45) is 24.5. The van der Waals surface area contributed by atoms with Crippen molar-refractivity contribution < 1.29 is 4.42 Å². The van der Waals surface area contributed by atoms with Crippen molar-refractivity contribution in [3.8, 4) is 0 Å². The summed E-state index contributed by atoms with van der Waals surface area (Å²) in [6.45, 7) is 5.22. The van der Waals surface area contributed by atoms with Crippen molar-refractivity contribution in [3.63, 3.8) is 0 Å². The summed E-state index contributed by atoms with van der Waals surface area (Å²) in [5.41, 5.74) is 12.8. The predicted octanol–water partition coefficient (Wildman–Crippen LogP) is 11.6. The molecule has 0 bridgehead atoms. The smallest absolute Gasteiger partial charge is 0.226 e. The molecule has 0 saturated heterocycles. The first-order valence-corrected chi connectivity index (χ1v) is 20.0. The van der Waals surface area contributed by atoms with E-state index in [0.29, 0.717) is 0 Å². The molecular weight excluding hydrogens is 669 g/mol. The van der Waals surface area contributed by atoms with Crippen LogP contribution >= 0.6 is 0 Å². The fourth-order valence-electron chi connectivity index (χ4n) is 10.8. The van der Waals surface area contributed by atoms with E-state index < -0.39 is 0 Å². The highest BCUT2D eigenvalue weighted by atomic mass is 16.3. The van der Waals surface area contributed by atoms with Gasteiger partial charge in [0, 0.05) is 56.3 Å². The van der Waals surface area contributed by atoms with Gasteiger partial charge in [0.15, 0.2) is 5.58 Å². The Morgan fingerprint density at radius 1 is 0.727 bits per heavy atom. The Labute approximate surface area is 324 Å². The minimum absolute atomic E-state index is 0.0865. The van der Waals surface area contributed by atoms with E-state index >= 15 is 0 Å². The van der Waals surface area contributed by atoms with Crippen LogP contribution in [-0.4, -0.2) is 17.8 Å². The molecule has 0 fully saturated rings. The summed E-state index contributed by atoms with van der Waals surface area (Å²) in [6, 6.07) is 42.2. The van der Waals surface area contributed by atoms with E-state index in [9.17, 15) is 0 Å². The Morgan fingerprint density at radius 3 is 2.40 bits per heavy atom. The summed E-state index contributed by atoms with van der Waals surface area (Å²) in [4.78, 5) is 7.84. The lowest BCUT2D eigenvalue weighted by Gasteiger charge is -2.63. The molecule has 3 aliphatic carbocycles. The van der Waals surface area contributed by atoms with Crippen molar-refractivity contribution in [2.45, 2.75) is 62.8 Å². The van der Waals surface area contributed by atoms with Gasteiger partial charge in [0.2, 0.25) is 6.71 Å². The first-order chi connectivity index (χ1) is 27.0. The molecule has 0 amide bonds. The number of anilines is 5. The second-order valence-electron chi connectivity index (χ2n) is 16.3. The van der Waals surface area contributed by atoms with Gasteiger partial charge in [-0.2, -0.15) is 0 Å². The van der Waals surface area contributed by atoms with Gasteiger partial charge in [-0.05, 0) is 106 Å². The van der Waals surface area contributed by atoms with Crippen LogP contribution in [0.5, 0.6) is 0 Å². The summed E-state index contributed by atoms with van der Waals surface area (Å²) in [5, 5.41) is 2.27. The maximum absolute atomic E-state index is 6.70. The molecule has 11 rings (SSSR count). The van der Waals surface area contributed by atoms with Crippen LogP contribution in [0.1, 0.15) is 46.0 Å². The minimum atomic E-state index is -0.290. The lowest BCUT2D eigenvalue weighted by atomic mass is 9.26. The van der Waals surface area contributed by atoms with E-state index in [4.69, 9.17) is 4.42 Å². The number of allylic oxidation sites excluding steroid dienone is 6. The van der Waals surface area contributed by atoms with Gasteiger partial charge in [-0.1, -0.05) is 115 Å². The Bertz CT molecular complexity index is 2670. The van der Waals surface area contributed by atoms with E-state index in [1.807, 2.05) is 0 Å². The van der Waals surface area contributed by atoms with Crippen LogP contribution in [0, 0.1) is 0 Å². The van der Waals surface area contributed by atoms with Crippen LogP contribution in [0.15, 0.2) is 180 Å². The maximum Gasteiger partial charge on any atom is 0.226 e. The fraction of sp³-hybridized carbons (Fsp3) is 0.200. The second-order valence-corrected chi connectivity index (χ2v) is 16.3. The van der Waals surface area contributed by atoms with Crippen molar-refractivity contribution in [1.29, 1.82) is 0 Å². The Kier molecular flexibility index (Phi) is 7.26. The molecule has 0 spiro atoms. The topological polar surface area (TPSA) is 22.9 Å². The van der Waals surface area contributed by atoms with Gasteiger partial charge in [-0.3, -0.25) is 0 Å². The molecule has 3 unspecified atom stereocenters. The SMILES string of the molecule is CC1(N2c3cc(N(c4ccccc4)c4cccc5c4oc4ccccc45)ccc3B3c4ccccc4N(C4=CCCC=C4)C4=CC=CC2(C)C34)CC=CCC1. The predicted molar refractivity (Wildman–Crippen MR) is 232 cm³/mol. The molecule has 3 heterocycles. The second kappa shape index (κ2) is 12.3. The molecule has 55 heavy (non-hydrogen) atoms. The number of furan rings is 1. The van der Waals surface area contributed by atoms with E-state index in [-0.39, 0.29) is 23.6 Å². The molecule has 268 valence electrons. The molecule has 0 N–H and O–H groups in total. The minimum Gasteiger partial charge on any atom is -0.454 e. The van der Waals surface area contributed by atoms with Gasteiger partial charge in [-0.25, -0.2) is 0 Å². The molecule has 0 saturated carbocycles. The van der Waals surface area contributed by atoms with Gasteiger partial charge < -0.3 is 19.1 Å². The third kappa shape index (κ3) is 4.78. The molecule has 5 aliphatic rings. The van der Waals surface area contributed by atoms with Gasteiger partial charge >= 0.3 is 0 Å². The number of benzene rings is 5. The highest BCUT2D eigenvalue weighted by Crippen LogP contribution is 2.56. The highest BCUT2D eigenvalue weighted by Gasteiger charge is 2.59. The van der Waals surface area contributed by atoms with Crippen molar-refractivity contribution in [2.24, 2.45) is 0 Å². The molecule has 5 heteroatoms. The summed E-state index contributed by atoms with van der Waals surface area (Å²) in [7, 11) is 0. The van der Waals surface area contributed by atoms with Gasteiger partial charge in [0.05, 0.1) is 11.2 Å². The molecular formula is C50H44BN3O. The fourth-order valence-corrected chi connectivity index (χ4v) is 10.8. The van der Waals surface area contributed by atoms with Crippen molar-refractivity contribution >= 4 is 68.0 Å². The van der Waals surface area contributed by atoms with E-state index in [1.165, 1.54) is 33.7 Å². The third-order valence-corrected chi connectivity index (χ3v) is 13.1. The lowest BCUT2D eigenvalue weighted by Crippen LogP contribution is -2.72. The van der Waals surface area contributed by atoms with Gasteiger partial charge in [0.25, 0.3) is 0 Å². The standard InChI is InChI=1S/C50H44BN3O/c1-49(31-14-5-15-32-49)54-45-34-37(52(35-18-6-3-7-19-35)43-26-16-23-39-38-22-10-13-28-46(38)55-47(39)43)29-30-41(45)51-40-24-11-12-25-42(40)53(36-20-8-4-9-21-36)44-27-17-33-50(54,2)48(44)51/h3,5-8,10-14,16-30,33-34,48H,4,9,15,31-32H2,1-2H3. The molecule has 0 radical (unpaired) electrons. The first-order valence-electron chi connectivity index (χ1n) is 20.0. The van der Waals surface area contributed by atoms with E-state index in [1.54, 1.807) is 0 Å². The van der Waals surface area contributed by atoms with E-state index in [2.05, 4.69) is 192 Å². The monoisotopic (exact) mass is 713 g/mol. The number of fused-ring (bicyclic) bond motifs is 7. The van der Waals surface area contributed by atoms with Gasteiger partial charge in [-0.15, -0.1) is 0 Å². The zero-order valence-corrected chi connectivity index (χ0v) is 31.5. The quantitative estimate of drug-likeness (QED) is 0.131. The zero-order valence-electron chi connectivity index (χ0n) is 31.5. The average molecular weight is 714 g/mol. The number of rotatable bonds is 5. The third-order valence-electron chi connectivity index (χ3n) is 13.1. The van der Waals surface area contributed by atoms with E-state index in [0.717, 1.165) is 71.1 Å². The molecule has 6 aromatic rings. The maximum atomic E-state index is 6.70. The number of para-hydroxylation sites is 4. The van der Waals surface area contributed by atoms with Crippen LogP contribution in [0.3, 0.4) is 0 Å². The summed E-state index contributed by atoms with van der Waals surface area (Å²) in [5.74, 6) is 0.222. The van der Waals surface area contributed by atoms with Crippen LogP contribution in [0.2, 0.25) is 5.82 Å². The number of hydrogen-bond acceptors (Lipinski definition) is 4. The molecule has 1 aromatic heterocycles. The number of hydrogen-bond donors (Lipinski definition) is 0. The summed E-state index contributed by atoms with van der Waals surface area (Å²) < 4.78 is 6.70. The number of nitrogens with zero attached hydrogens (tertiary/aromatic N) is 3. The van der Waals surface area contributed by atoms with Crippen LogP contribution in [0.4, 0.5) is 28.4 Å². The zero-order chi connectivity index (χ0) is 36.7. The Balaban J connectivity index is 1.18. The van der Waals surface area contributed by atoms with Crippen LogP contribution in [0.25, 0.3) is 21.9 Å².